The highest BCUT2D eigenvalue weighted by Crippen LogP contribution is 2.61. The first-order chi connectivity index (χ1) is 18.2. The molecule has 1 atom stereocenters. The van der Waals surface area contributed by atoms with E-state index in [0.29, 0.717) is 6.42 Å². The number of benzene rings is 1. The molecule has 0 amide bonds. The van der Waals surface area contributed by atoms with E-state index in [1.54, 1.807) is 13.8 Å². The van der Waals surface area contributed by atoms with E-state index < -0.39 is 53.6 Å². The van der Waals surface area contributed by atoms with Gasteiger partial charge in [0, 0.05) is 6.42 Å². The number of halogens is 13. The molecule has 3 nitrogen and oxygen atoms in total. The molecule has 0 fully saturated rings. The van der Waals surface area contributed by atoms with Gasteiger partial charge in [-0.1, -0.05) is 53.2 Å². The summed E-state index contributed by atoms with van der Waals surface area (Å²) in [5.41, 5.74) is -7.41. The van der Waals surface area contributed by atoms with Crippen molar-refractivity contribution < 1.29 is 71.3 Å². The summed E-state index contributed by atoms with van der Waals surface area (Å²) in [5.74, 6) is -18.6. The molecule has 1 aromatic carbocycles. The Morgan fingerprint density at radius 1 is 0.756 bits per heavy atom. The average molecular weight is 624 g/mol. The van der Waals surface area contributed by atoms with Crippen molar-refractivity contribution in [1.29, 1.82) is 0 Å². The van der Waals surface area contributed by atoms with Crippen LogP contribution in [0.2, 0.25) is 0 Å². The summed E-state index contributed by atoms with van der Waals surface area (Å²) in [6.45, 7) is 9.13. The third-order valence-corrected chi connectivity index (χ3v) is 6.66. The molecule has 238 valence electrons. The third kappa shape index (κ3) is 7.51. The lowest BCUT2D eigenvalue weighted by Gasteiger charge is -2.44. The van der Waals surface area contributed by atoms with Crippen LogP contribution in [0.25, 0.3) is 0 Å². The number of ether oxygens (including phenoxy) is 2. The van der Waals surface area contributed by atoms with Crippen molar-refractivity contribution in [3.05, 3.63) is 29.8 Å². The highest BCUT2D eigenvalue weighted by molar-refractivity contribution is 5.72. The molecule has 0 saturated heterocycles. The summed E-state index contributed by atoms with van der Waals surface area (Å²) < 4.78 is 182. The van der Waals surface area contributed by atoms with Gasteiger partial charge in [0.2, 0.25) is 0 Å². The first-order valence-electron chi connectivity index (χ1n) is 12.1. The van der Waals surface area contributed by atoms with Crippen molar-refractivity contribution in [2.24, 2.45) is 17.3 Å². The molecule has 0 spiro atoms. The summed E-state index contributed by atoms with van der Waals surface area (Å²) in [6, 6.07) is 1.96. The quantitative estimate of drug-likeness (QED) is 0.172. The van der Waals surface area contributed by atoms with E-state index in [0.717, 1.165) is 18.6 Å². The molecule has 0 N–H and O–H groups in total. The second kappa shape index (κ2) is 12.1. The zero-order valence-corrected chi connectivity index (χ0v) is 22.4. The van der Waals surface area contributed by atoms with Crippen molar-refractivity contribution in [2.75, 3.05) is 6.61 Å². The zero-order valence-electron chi connectivity index (χ0n) is 22.4. The number of alkyl halides is 13. The molecule has 1 unspecified atom stereocenters. The van der Waals surface area contributed by atoms with E-state index in [1.807, 2.05) is 20.8 Å². The summed E-state index contributed by atoms with van der Waals surface area (Å²) in [6.07, 6.45) is -21.4. The topological polar surface area (TPSA) is 35.5 Å². The van der Waals surface area contributed by atoms with Gasteiger partial charge in [-0.05, 0) is 35.4 Å². The van der Waals surface area contributed by atoms with Gasteiger partial charge in [-0.25, -0.2) is 0 Å². The molecule has 0 aliphatic rings. The van der Waals surface area contributed by atoms with Crippen molar-refractivity contribution in [3.63, 3.8) is 0 Å². The van der Waals surface area contributed by atoms with Crippen molar-refractivity contribution in [2.45, 2.75) is 89.9 Å². The normalized spacial score (nSPS) is 15.2. The molecule has 1 aromatic rings. The van der Waals surface area contributed by atoms with Gasteiger partial charge in [0.25, 0.3) is 0 Å². The van der Waals surface area contributed by atoms with Gasteiger partial charge in [-0.3, -0.25) is 4.79 Å². The van der Waals surface area contributed by atoms with E-state index in [1.165, 1.54) is 0 Å². The lowest BCUT2D eigenvalue weighted by atomic mass is 9.77. The van der Waals surface area contributed by atoms with Crippen LogP contribution in [0, 0.1) is 17.3 Å². The molecule has 0 radical (unpaired) electrons. The van der Waals surface area contributed by atoms with E-state index in [2.05, 4.69) is 4.74 Å². The molecule has 41 heavy (non-hydrogen) atoms. The summed E-state index contributed by atoms with van der Waals surface area (Å²) in [4.78, 5) is 12.5. The van der Waals surface area contributed by atoms with Gasteiger partial charge in [-0.15, -0.1) is 0 Å². The Morgan fingerprint density at radius 2 is 1.22 bits per heavy atom. The molecule has 0 saturated carbocycles. The summed E-state index contributed by atoms with van der Waals surface area (Å²) in [7, 11) is 0. The first kappa shape index (κ1) is 36.6. The predicted molar refractivity (Wildman–Crippen MR) is 120 cm³/mol. The van der Waals surface area contributed by atoms with E-state index in [9.17, 15) is 61.9 Å². The Bertz CT molecular complexity index is 994. The van der Waals surface area contributed by atoms with Gasteiger partial charge < -0.3 is 9.47 Å². The van der Waals surface area contributed by atoms with Crippen LogP contribution in [-0.2, 0) is 16.0 Å². The largest absolute Gasteiger partial charge is 0.465 e. The minimum atomic E-state index is -7.90. The number of hydrogen-bond donors (Lipinski definition) is 0. The molecular weight excluding hydrogens is 595 g/mol. The number of hydrogen-bond acceptors (Lipinski definition) is 3. The van der Waals surface area contributed by atoms with Crippen molar-refractivity contribution in [3.8, 4) is 5.75 Å². The fourth-order valence-electron chi connectivity index (χ4n) is 3.70. The smallest absolute Gasteiger partial charge is 0.460 e. The van der Waals surface area contributed by atoms with Crippen molar-refractivity contribution >= 4 is 5.97 Å². The second-order valence-electron chi connectivity index (χ2n) is 10.6. The fraction of sp³-hybridized carbons (Fsp3) is 0.720. The SMILES string of the molecule is CCC(C)(C)CC(C(=O)OCCc1ccc(OC(C(F)(F)F)(C(F)(F)F)C(F)(F)C(F)(F)C(F)(F)F)cc1)C(C)C. The number of carbonyl (C=O) groups excluding carboxylic acids is 1. The Hall–Kier alpha value is -2.42. The lowest BCUT2D eigenvalue weighted by Crippen LogP contribution is -2.77. The van der Waals surface area contributed by atoms with Crippen molar-refractivity contribution in [1.82, 2.24) is 0 Å². The molecular formula is C25H29F13O3. The monoisotopic (exact) mass is 624 g/mol. The first-order valence-corrected chi connectivity index (χ1v) is 12.1. The minimum Gasteiger partial charge on any atom is -0.465 e. The van der Waals surface area contributed by atoms with Crippen LogP contribution >= 0.6 is 0 Å². The molecule has 0 aliphatic heterocycles. The zero-order chi connectivity index (χ0) is 32.5. The molecule has 16 heteroatoms. The van der Waals surface area contributed by atoms with Crippen LogP contribution in [0.4, 0.5) is 57.1 Å². The maximum Gasteiger partial charge on any atom is 0.460 e. The number of esters is 1. The van der Waals surface area contributed by atoms with Gasteiger partial charge >= 0.3 is 41.9 Å². The molecule has 0 aromatic heterocycles. The van der Waals surface area contributed by atoms with E-state index in [4.69, 9.17) is 4.74 Å². The Morgan fingerprint density at radius 3 is 1.59 bits per heavy atom. The van der Waals surface area contributed by atoms with Gasteiger partial charge in [0.15, 0.2) is 0 Å². The van der Waals surface area contributed by atoms with Gasteiger partial charge in [-0.2, -0.15) is 57.1 Å². The Balaban J connectivity index is 3.25. The fourth-order valence-corrected chi connectivity index (χ4v) is 3.70. The highest BCUT2D eigenvalue weighted by Gasteiger charge is 2.94. The van der Waals surface area contributed by atoms with Crippen LogP contribution in [-0.4, -0.2) is 48.6 Å². The second-order valence-corrected chi connectivity index (χ2v) is 10.6. The van der Waals surface area contributed by atoms with Crippen LogP contribution in [0.3, 0.4) is 0 Å². The van der Waals surface area contributed by atoms with Crippen LogP contribution in [0.5, 0.6) is 5.75 Å². The Kier molecular flexibility index (Phi) is 10.8. The van der Waals surface area contributed by atoms with Gasteiger partial charge in [0.05, 0.1) is 12.5 Å². The molecule has 0 bridgehead atoms. The number of carbonyl (C=O) groups is 1. The Labute approximate surface area is 227 Å². The predicted octanol–water partition coefficient (Wildman–Crippen LogP) is 8.95. The van der Waals surface area contributed by atoms with Crippen LogP contribution in [0.1, 0.15) is 53.0 Å². The highest BCUT2D eigenvalue weighted by atomic mass is 19.4. The number of rotatable bonds is 12. The maximum absolute atomic E-state index is 14.2. The lowest BCUT2D eigenvalue weighted by molar-refractivity contribution is -0.466. The van der Waals surface area contributed by atoms with Gasteiger partial charge in [0.1, 0.15) is 5.75 Å². The molecule has 0 aliphatic carbocycles. The van der Waals surface area contributed by atoms with E-state index in [-0.39, 0.29) is 42.1 Å². The minimum absolute atomic E-state index is 0.0668. The van der Waals surface area contributed by atoms with E-state index >= 15 is 0 Å². The average Bonchev–Trinajstić information content (AvgIpc) is 2.79. The third-order valence-electron chi connectivity index (χ3n) is 6.66. The standard InChI is InChI=1S/C25H29F13O3/c1-6-19(4,5)13-17(14(2)3)18(39)40-12-11-15-7-9-16(10-8-15)41-20(23(30,31)32,24(33,34)35)21(26,27)22(28,29)25(36,37)38/h7-10,14,17H,6,11-13H2,1-5H3. The molecule has 0 heterocycles. The summed E-state index contributed by atoms with van der Waals surface area (Å²) in [5, 5.41) is 0. The summed E-state index contributed by atoms with van der Waals surface area (Å²) >= 11 is 0. The molecule has 1 rings (SSSR count). The van der Waals surface area contributed by atoms with Crippen LogP contribution < -0.4 is 4.74 Å². The van der Waals surface area contributed by atoms with Crippen LogP contribution in [0.15, 0.2) is 24.3 Å². The maximum atomic E-state index is 14.2.